The summed E-state index contributed by atoms with van der Waals surface area (Å²) in [5.41, 5.74) is 3.31. The number of fused-ring (bicyclic) bond motifs is 3. The van der Waals surface area contributed by atoms with Gasteiger partial charge in [0, 0.05) is 26.3 Å². The largest absolute Gasteiger partial charge is 0.492 e. The van der Waals surface area contributed by atoms with Gasteiger partial charge in [0.15, 0.2) is 16.9 Å². The predicted molar refractivity (Wildman–Crippen MR) is 151 cm³/mol. The molecule has 10 nitrogen and oxygen atoms in total. The number of nitrogens with one attached hydrogen (secondary N) is 1. The highest BCUT2D eigenvalue weighted by Crippen LogP contribution is 2.50. The summed E-state index contributed by atoms with van der Waals surface area (Å²) in [5.74, 6) is 0.229. The average molecular weight is 627 g/mol. The molecule has 39 heavy (non-hydrogen) atoms. The van der Waals surface area contributed by atoms with Gasteiger partial charge in [0.2, 0.25) is 18.4 Å². The van der Waals surface area contributed by atoms with Crippen molar-refractivity contribution in [2.24, 2.45) is 0 Å². The van der Waals surface area contributed by atoms with Crippen LogP contribution in [0.15, 0.2) is 34.0 Å². The van der Waals surface area contributed by atoms with E-state index < -0.39 is 5.97 Å². The van der Waals surface area contributed by atoms with Gasteiger partial charge in [-0.15, -0.1) is 11.8 Å². The molecule has 0 spiro atoms. The Bertz CT molecular complexity index is 1270. The Morgan fingerprint density at radius 3 is 2.21 bits per heavy atom. The number of ether oxygens (including phenoxy) is 5. The van der Waals surface area contributed by atoms with Gasteiger partial charge in [-0.1, -0.05) is 6.07 Å². The number of esters is 2. The Hall–Kier alpha value is -3.25. The Morgan fingerprint density at radius 2 is 1.69 bits per heavy atom. The predicted octanol–water partition coefficient (Wildman–Crippen LogP) is 4.38. The fourth-order valence-corrected chi connectivity index (χ4v) is 4.86. The second-order valence-corrected chi connectivity index (χ2v) is 9.50. The molecule has 0 aliphatic heterocycles. The summed E-state index contributed by atoms with van der Waals surface area (Å²) in [4.78, 5) is 46.3. The molecule has 1 amide bonds. The summed E-state index contributed by atoms with van der Waals surface area (Å²) in [6.45, 7) is 3.84. The van der Waals surface area contributed by atoms with Gasteiger partial charge in [0.25, 0.3) is 0 Å². The van der Waals surface area contributed by atoms with Gasteiger partial charge in [-0.2, -0.15) is 0 Å². The molecule has 0 saturated heterocycles. The van der Waals surface area contributed by atoms with Crippen LogP contribution in [0, 0.1) is 0 Å². The van der Waals surface area contributed by atoms with Crippen LogP contribution in [0.5, 0.6) is 17.2 Å². The van der Waals surface area contributed by atoms with E-state index in [0.29, 0.717) is 46.1 Å². The first-order valence-electron chi connectivity index (χ1n) is 11.8. The number of methoxy groups -OCH3 is 2. The minimum absolute atomic E-state index is 0.116. The molecule has 1 N–H and O–H groups in total. The van der Waals surface area contributed by atoms with Crippen molar-refractivity contribution in [3.63, 3.8) is 0 Å². The number of hydrogen-bond acceptors (Lipinski definition) is 10. The van der Waals surface area contributed by atoms with Crippen LogP contribution in [0.2, 0.25) is 0 Å². The van der Waals surface area contributed by atoms with E-state index in [2.05, 4.69) is 26.0 Å². The molecule has 0 heterocycles. The van der Waals surface area contributed by atoms with Gasteiger partial charge < -0.3 is 29.0 Å². The lowest BCUT2D eigenvalue weighted by atomic mass is 9.95. The number of aryl methyl sites for hydroxylation is 1. The number of thioether (sulfide) groups is 1. The summed E-state index contributed by atoms with van der Waals surface area (Å²) in [6, 6.07) is 6.71. The van der Waals surface area contributed by atoms with Crippen molar-refractivity contribution in [3.05, 3.63) is 45.6 Å². The molecule has 0 unspecified atom stereocenters. The minimum atomic E-state index is -0.465. The van der Waals surface area contributed by atoms with E-state index in [0.717, 1.165) is 16.7 Å². The maximum Gasteiger partial charge on any atom is 0.305 e. The second kappa shape index (κ2) is 15.4. The highest BCUT2D eigenvalue weighted by molar-refractivity contribution is 9.09. The van der Waals surface area contributed by atoms with Crippen molar-refractivity contribution < 1.29 is 38.1 Å². The summed E-state index contributed by atoms with van der Waals surface area (Å²) < 4.78 is 26.3. The van der Waals surface area contributed by atoms with Crippen molar-refractivity contribution in [3.8, 4) is 28.4 Å². The molecule has 3 rings (SSSR count). The molecular weight excluding hydrogens is 594 g/mol. The fourth-order valence-electron chi connectivity index (χ4n) is 4.07. The van der Waals surface area contributed by atoms with Crippen LogP contribution in [0.1, 0.15) is 44.4 Å². The van der Waals surface area contributed by atoms with Gasteiger partial charge >= 0.3 is 11.9 Å². The summed E-state index contributed by atoms with van der Waals surface area (Å²) in [6.07, 6.45) is 2.99. The maximum absolute atomic E-state index is 12.8. The molecule has 12 heteroatoms. The lowest BCUT2D eigenvalue weighted by Gasteiger charge is -2.20. The van der Waals surface area contributed by atoms with E-state index in [1.165, 1.54) is 46.8 Å². The number of amides is 1. The van der Waals surface area contributed by atoms with Gasteiger partial charge in [-0.05, 0) is 69.9 Å². The number of alkyl halides is 1. The van der Waals surface area contributed by atoms with E-state index in [4.69, 9.17) is 18.9 Å². The Morgan fingerprint density at radius 1 is 1.03 bits per heavy atom. The number of carbonyl (C=O) groups excluding carboxylic acids is 3. The number of carbonyl (C=O) groups is 3. The van der Waals surface area contributed by atoms with Gasteiger partial charge in [-0.25, -0.2) is 0 Å². The van der Waals surface area contributed by atoms with E-state index in [-0.39, 0.29) is 30.1 Å². The van der Waals surface area contributed by atoms with Crippen molar-refractivity contribution in [1.29, 1.82) is 0 Å². The van der Waals surface area contributed by atoms with Gasteiger partial charge in [-0.3, -0.25) is 19.2 Å². The second-order valence-electron chi connectivity index (χ2n) is 8.19. The lowest BCUT2D eigenvalue weighted by molar-refractivity contribution is -0.147. The summed E-state index contributed by atoms with van der Waals surface area (Å²) >= 11 is 4.27. The first-order valence-corrected chi connectivity index (χ1v) is 14.2. The highest BCUT2D eigenvalue weighted by atomic mass is 79.9. The first kappa shape index (κ1) is 32.0. The van der Waals surface area contributed by atoms with Crippen LogP contribution in [0.3, 0.4) is 0 Å². The smallest absolute Gasteiger partial charge is 0.305 e. The molecule has 2 aromatic carbocycles. The van der Waals surface area contributed by atoms with E-state index in [1.807, 2.05) is 18.4 Å². The molecule has 0 aromatic heterocycles. The molecule has 1 aliphatic carbocycles. The molecule has 1 aliphatic rings. The Labute approximate surface area is 239 Å². The van der Waals surface area contributed by atoms with E-state index in [9.17, 15) is 19.2 Å². The monoisotopic (exact) mass is 625 g/mol. The molecular formula is C27H32BrNO9S. The number of halogens is 1. The van der Waals surface area contributed by atoms with E-state index >= 15 is 0 Å². The van der Waals surface area contributed by atoms with Crippen molar-refractivity contribution in [1.82, 2.24) is 5.32 Å². The molecule has 1 atom stereocenters. The first-order chi connectivity index (χ1) is 18.6. The third-order valence-electron chi connectivity index (χ3n) is 5.61. The molecule has 0 bridgehead atoms. The van der Waals surface area contributed by atoms with Gasteiger partial charge in [0.05, 0.1) is 25.2 Å². The molecule has 212 valence electrons. The minimum Gasteiger partial charge on any atom is -0.492 e. The fraction of sp³-hybridized carbons (Fsp3) is 0.407. The lowest BCUT2D eigenvalue weighted by Crippen LogP contribution is -2.26. The molecule has 0 saturated carbocycles. The number of hydrogen-bond donors (Lipinski definition) is 1. The third kappa shape index (κ3) is 8.62. The normalized spacial score (nSPS) is 13.3. The SMILES string of the molecule is CC(=O)OCBr.COc1c(OCOC(C)=O)cc2c(c1OC)-c1ccc(SC)c(=O)cc1[C@@H](NC(C)=O)CC2. The zero-order valence-corrected chi connectivity index (χ0v) is 25.1. The Kier molecular flexibility index (Phi) is 12.6. The topological polar surface area (TPSA) is 126 Å². The number of benzene rings is 1. The zero-order valence-electron chi connectivity index (χ0n) is 22.7. The van der Waals surface area contributed by atoms with Crippen LogP contribution >= 0.6 is 27.7 Å². The van der Waals surface area contributed by atoms with Crippen LogP contribution < -0.4 is 25.0 Å². The van der Waals surface area contributed by atoms with Crippen LogP contribution in [0.4, 0.5) is 0 Å². The quantitative estimate of drug-likeness (QED) is 0.195. The summed E-state index contributed by atoms with van der Waals surface area (Å²) in [5, 5.41) is 2.97. The molecule has 0 fully saturated rings. The molecule has 2 aromatic rings. The third-order valence-corrected chi connectivity index (χ3v) is 6.62. The van der Waals surface area contributed by atoms with Crippen LogP contribution in [-0.2, 0) is 30.3 Å². The van der Waals surface area contributed by atoms with Crippen molar-refractivity contribution in [2.75, 3.05) is 32.8 Å². The van der Waals surface area contributed by atoms with Crippen LogP contribution in [-0.4, -0.2) is 50.6 Å². The number of rotatable bonds is 8. The average Bonchev–Trinajstić information content (AvgIpc) is 3.11. The standard InChI is InChI=1S/C24H27NO7S.C3H5BrO2/c1-13(26)25-18-8-6-15-10-20(32-12-31-14(2)27)23(29-3)24(30-4)22(15)16-7-9-21(33-5)19(28)11-17(16)18;1-3(5)6-2-4/h7,9-11,18H,6,8,12H2,1-5H3,(H,25,26);2H2,1H3/t18-;/m0./s1. The van der Waals surface area contributed by atoms with Crippen molar-refractivity contribution in [2.45, 2.75) is 44.6 Å². The molecule has 0 radical (unpaired) electrons. The van der Waals surface area contributed by atoms with Crippen molar-refractivity contribution >= 4 is 45.5 Å². The zero-order chi connectivity index (χ0) is 29.1. The Balaban J connectivity index is 0.000000798. The summed E-state index contributed by atoms with van der Waals surface area (Å²) in [7, 11) is 3.02. The maximum atomic E-state index is 12.8. The highest BCUT2D eigenvalue weighted by Gasteiger charge is 2.29. The van der Waals surface area contributed by atoms with E-state index in [1.54, 1.807) is 12.1 Å². The van der Waals surface area contributed by atoms with Gasteiger partial charge in [0.1, 0.15) is 5.52 Å². The van der Waals surface area contributed by atoms with Crippen LogP contribution in [0.25, 0.3) is 11.1 Å².